The smallest absolute Gasteiger partial charge is 0.191 e. The molecular weight excluding hydrogens is 328 g/mol. The number of hydrogen-bond donors (Lipinski definition) is 2. The third-order valence-corrected chi connectivity index (χ3v) is 4.99. The van der Waals surface area contributed by atoms with E-state index < -0.39 is 0 Å². The van der Waals surface area contributed by atoms with E-state index in [9.17, 15) is 0 Å². The van der Waals surface area contributed by atoms with Gasteiger partial charge in [0.15, 0.2) is 17.5 Å². The summed E-state index contributed by atoms with van der Waals surface area (Å²) in [6.45, 7) is 6.35. The summed E-state index contributed by atoms with van der Waals surface area (Å²) in [6.07, 6.45) is 5.18. The second-order valence-corrected chi connectivity index (χ2v) is 6.78. The van der Waals surface area contributed by atoms with Crippen LogP contribution in [0.3, 0.4) is 0 Å². The summed E-state index contributed by atoms with van der Waals surface area (Å²) < 4.78 is 10.6. The van der Waals surface area contributed by atoms with E-state index in [2.05, 4.69) is 27.4 Å². The van der Waals surface area contributed by atoms with E-state index in [0.717, 1.165) is 48.6 Å². The van der Waals surface area contributed by atoms with E-state index in [1.165, 1.54) is 25.8 Å². The molecule has 0 radical (unpaired) electrons. The van der Waals surface area contributed by atoms with Gasteiger partial charge in [0.1, 0.15) is 0 Å². The lowest BCUT2D eigenvalue weighted by Gasteiger charge is -2.33. The molecule has 2 N–H and O–H groups in total. The highest BCUT2D eigenvalue weighted by atomic mass is 16.5. The fourth-order valence-corrected chi connectivity index (χ4v) is 3.38. The normalized spacial score (nSPS) is 18.5. The van der Waals surface area contributed by atoms with Gasteiger partial charge >= 0.3 is 0 Å². The Balaban J connectivity index is 1.72. The van der Waals surface area contributed by atoms with Crippen molar-refractivity contribution >= 4 is 5.96 Å². The highest BCUT2D eigenvalue weighted by Gasteiger charge is 2.17. The number of nitrogens with zero attached hydrogens (tertiary/aromatic N) is 2. The molecule has 6 nitrogen and oxygen atoms in total. The maximum atomic E-state index is 5.35. The predicted molar refractivity (Wildman–Crippen MR) is 107 cm³/mol. The minimum absolute atomic E-state index is 0.684. The molecule has 2 rings (SSSR count). The van der Waals surface area contributed by atoms with Crippen molar-refractivity contribution in [2.24, 2.45) is 4.99 Å². The monoisotopic (exact) mass is 362 g/mol. The largest absolute Gasteiger partial charge is 0.493 e. The third-order valence-electron chi connectivity index (χ3n) is 4.99. The van der Waals surface area contributed by atoms with Crippen molar-refractivity contribution in [3.8, 4) is 11.5 Å². The van der Waals surface area contributed by atoms with E-state index in [1.807, 2.05) is 18.2 Å². The molecule has 1 unspecified atom stereocenters. The van der Waals surface area contributed by atoms with Gasteiger partial charge in [-0.05, 0) is 50.4 Å². The first-order valence-corrected chi connectivity index (χ1v) is 9.57. The van der Waals surface area contributed by atoms with Crippen LogP contribution in [0.5, 0.6) is 11.5 Å². The summed E-state index contributed by atoms with van der Waals surface area (Å²) in [5.74, 6) is 2.31. The molecule has 1 saturated heterocycles. The van der Waals surface area contributed by atoms with Crippen LogP contribution in [0.25, 0.3) is 0 Å². The number of aliphatic imine (C=N–C) groups is 1. The zero-order chi connectivity index (χ0) is 18.8. The molecular formula is C20H34N4O2. The van der Waals surface area contributed by atoms with Gasteiger partial charge < -0.3 is 25.0 Å². The summed E-state index contributed by atoms with van der Waals surface area (Å²) in [4.78, 5) is 6.91. The van der Waals surface area contributed by atoms with Crippen LogP contribution in [-0.2, 0) is 6.54 Å². The SMILES string of the molecule is CN=C(NCCCN1CCCCC1C)NCc1ccc(OC)c(OC)c1. The highest BCUT2D eigenvalue weighted by Crippen LogP contribution is 2.27. The number of hydrogen-bond acceptors (Lipinski definition) is 4. The molecule has 0 spiro atoms. The van der Waals surface area contributed by atoms with Crippen molar-refractivity contribution in [3.05, 3.63) is 23.8 Å². The van der Waals surface area contributed by atoms with Crippen molar-refractivity contribution in [1.82, 2.24) is 15.5 Å². The Labute approximate surface area is 158 Å². The predicted octanol–water partition coefficient (Wildman–Crippen LogP) is 2.63. The Bertz CT molecular complexity index is 577. The number of methoxy groups -OCH3 is 2. The van der Waals surface area contributed by atoms with Gasteiger partial charge in [0.2, 0.25) is 0 Å². The number of nitrogens with one attached hydrogen (secondary N) is 2. The van der Waals surface area contributed by atoms with Gasteiger partial charge in [0.05, 0.1) is 14.2 Å². The lowest BCUT2D eigenvalue weighted by Crippen LogP contribution is -2.41. The molecule has 1 aliphatic heterocycles. The van der Waals surface area contributed by atoms with Crippen LogP contribution in [0.15, 0.2) is 23.2 Å². The molecule has 26 heavy (non-hydrogen) atoms. The molecule has 0 bridgehead atoms. The molecule has 0 aromatic heterocycles. The molecule has 1 heterocycles. The zero-order valence-electron chi connectivity index (χ0n) is 16.7. The quantitative estimate of drug-likeness (QED) is 0.423. The summed E-state index contributed by atoms with van der Waals surface area (Å²) in [7, 11) is 5.10. The number of likely N-dealkylation sites (tertiary alicyclic amines) is 1. The molecule has 1 aliphatic rings. The first-order chi connectivity index (χ1) is 12.7. The van der Waals surface area contributed by atoms with E-state index in [1.54, 1.807) is 21.3 Å². The average molecular weight is 363 g/mol. The minimum Gasteiger partial charge on any atom is -0.493 e. The Hall–Kier alpha value is -1.95. The Morgan fingerprint density at radius 1 is 1.19 bits per heavy atom. The van der Waals surface area contributed by atoms with Gasteiger partial charge in [-0.25, -0.2) is 0 Å². The number of rotatable bonds is 8. The van der Waals surface area contributed by atoms with E-state index in [-0.39, 0.29) is 0 Å². The van der Waals surface area contributed by atoms with Gasteiger partial charge in [0, 0.05) is 32.7 Å². The Morgan fingerprint density at radius 3 is 2.69 bits per heavy atom. The molecule has 1 atom stereocenters. The van der Waals surface area contributed by atoms with Crippen molar-refractivity contribution in [2.45, 2.75) is 45.2 Å². The number of ether oxygens (including phenoxy) is 2. The molecule has 1 fully saturated rings. The zero-order valence-corrected chi connectivity index (χ0v) is 16.7. The summed E-state index contributed by atoms with van der Waals surface area (Å²) in [6, 6.07) is 6.66. The van der Waals surface area contributed by atoms with Crippen LogP contribution in [0.1, 0.15) is 38.2 Å². The fourth-order valence-electron chi connectivity index (χ4n) is 3.38. The third kappa shape index (κ3) is 6.09. The van der Waals surface area contributed by atoms with Crippen LogP contribution in [0, 0.1) is 0 Å². The van der Waals surface area contributed by atoms with Crippen LogP contribution < -0.4 is 20.1 Å². The van der Waals surface area contributed by atoms with Gasteiger partial charge in [-0.3, -0.25) is 4.99 Å². The van der Waals surface area contributed by atoms with Gasteiger partial charge in [0.25, 0.3) is 0 Å². The van der Waals surface area contributed by atoms with Gasteiger partial charge in [-0.1, -0.05) is 12.5 Å². The first kappa shape index (κ1) is 20.4. The Morgan fingerprint density at radius 2 is 2.00 bits per heavy atom. The standard InChI is InChI=1S/C20H34N4O2/c1-16-8-5-6-12-24(16)13-7-11-22-20(21-2)23-15-17-9-10-18(25-3)19(14-17)26-4/h9-10,14,16H,5-8,11-13,15H2,1-4H3,(H2,21,22,23). The first-order valence-electron chi connectivity index (χ1n) is 9.57. The van der Waals surface area contributed by atoms with E-state index in [4.69, 9.17) is 9.47 Å². The molecule has 0 aliphatic carbocycles. The topological polar surface area (TPSA) is 58.1 Å². The lowest BCUT2D eigenvalue weighted by atomic mass is 10.0. The van der Waals surface area contributed by atoms with Crippen molar-refractivity contribution in [3.63, 3.8) is 0 Å². The molecule has 6 heteroatoms. The maximum absolute atomic E-state index is 5.35. The summed E-state index contributed by atoms with van der Waals surface area (Å²) in [5.41, 5.74) is 1.12. The summed E-state index contributed by atoms with van der Waals surface area (Å²) in [5, 5.41) is 6.75. The molecule has 1 aromatic rings. The highest BCUT2D eigenvalue weighted by molar-refractivity contribution is 5.79. The molecule has 146 valence electrons. The maximum Gasteiger partial charge on any atom is 0.191 e. The fraction of sp³-hybridized carbons (Fsp3) is 0.650. The van der Waals surface area contributed by atoms with Crippen molar-refractivity contribution in [2.75, 3.05) is 40.9 Å². The lowest BCUT2D eigenvalue weighted by molar-refractivity contribution is 0.159. The molecule has 0 saturated carbocycles. The number of piperidine rings is 1. The van der Waals surface area contributed by atoms with Crippen LogP contribution in [0.4, 0.5) is 0 Å². The summed E-state index contributed by atoms with van der Waals surface area (Å²) >= 11 is 0. The number of benzene rings is 1. The molecule has 1 aromatic carbocycles. The van der Waals surface area contributed by atoms with Crippen LogP contribution >= 0.6 is 0 Å². The van der Waals surface area contributed by atoms with Crippen LogP contribution in [0.2, 0.25) is 0 Å². The second kappa shape index (κ2) is 10.9. The van der Waals surface area contributed by atoms with E-state index in [0.29, 0.717) is 6.54 Å². The van der Waals surface area contributed by atoms with Crippen molar-refractivity contribution in [1.29, 1.82) is 0 Å². The van der Waals surface area contributed by atoms with Crippen LogP contribution in [-0.4, -0.2) is 57.8 Å². The van der Waals surface area contributed by atoms with E-state index >= 15 is 0 Å². The Kier molecular flexibility index (Phi) is 8.54. The minimum atomic E-state index is 0.684. The van der Waals surface area contributed by atoms with Gasteiger partial charge in [-0.15, -0.1) is 0 Å². The second-order valence-electron chi connectivity index (χ2n) is 6.78. The van der Waals surface area contributed by atoms with Gasteiger partial charge in [-0.2, -0.15) is 0 Å². The molecule has 0 amide bonds. The van der Waals surface area contributed by atoms with Crippen molar-refractivity contribution < 1.29 is 9.47 Å². The number of guanidine groups is 1. The average Bonchev–Trinajstić information content (AvgIpc) is 2.68.